The standard InChI is InChI=1S/C42H26O/c1-2-13-27(14-3-1)28-15-4-5-17-30(28)40-32-18-6-8-20-34(32)41(35-21-9-7-19-33(35)40)37-25-26-39-42-31(22-12-23-36(37)42)29-16-10-11-24-38(29)43-39/h1-26H/i18D,21D. The van der Waals surface area contributed by atoms with Crippen molar-refractivity contribution in [1.29, 1.82) is 0 Å². The zero-order chi connectivity index (χ0) is 30.1. The monoisotopic (exact) mass is 548 g/mol. The van der Waals surface area contributed by atoms with Crippen LogP contribution in [0.3, 0.4) is 0 Å². The first-order valence-electron chi connectivity index (χ1n) is 15.6. The Hall–Kier alpha value is -5.66. The Labute approximate surface area is 253 Å². The quantitative estimate of drug-likeness (QED) is 0.200. The zero-order valence-electron chi connectivity index (χ0n) is 25.3. The van der Waals surface area contributed by atoms with Crippen molar-refractivity contribution in [2.45, 2.75) is 0 Å². The summed E-state index contributed by atoms with van der Waals surface area (Å²) in [5.74, 6) is 1.69. The van der Waals surface area contributed by atoms with E-state index in [2.05, 4.69) is 97.1 Å². The second-order valence-corrected chi connectivity index (χ2v) is 11.0. The molecular weight excluding hydrogens is 520 g/mol. The molecule has 8 aromatic rings. The van der Waals surface area contributed by atoms with Crippen LogP contribution in [0.1, 0.15) is 2.74 Å². The van der Waals surface area contributed by atoms with Crippen LogP contribution in [-0.2, 0) is 0 Å². The molecule has 0 atom stereocenters. The molecule has 1 aliphatic heterocycles. The van der Waals surface area contributed by atoms with E-state index in [1.807, 2.05) is 48.5 Å². The second-order valence-electron chi connectivity index (χ2n) is 11.0. The predicted molar refractivity (Wildman–Crippen MR) is 181 cm³/mol. The lowest BCUT2D eigenvalue weighted by Gasteiger charge is -2.24. The van der Waals surface area contributed by atoms with E-state index in [0.29, 0.717) is 12.1 Å². The molecule has 0 spiro atoms. The van der Waals surface area contributed by atoms with E-state index in [1.54, 1.807) is 0 Å². The Morgan fingerprint density at radius 2 is 0.930 bits per heavy atom. The fourth-order valence-corrected chi connectivity index (χ4v) is 6.90. The molecule has 0 bridgehead atoms. The molecule has 0 aromatic heterocycles. The number of hydrogen-bond donors (Lipinski definition) is 0. The molecule has 1 heterocycles. The lowest BCUT2D eigenvalue weighted by molar-refractivity contribution is 0.487. The molecular formula is C42H26O. The van der Waals surface area contributed by atoms with E-state index in [0.717, 1.165) is 88.3 Å². The highest BCUT2D eigenvalue weighted by atomic mass is 16.5. The van der Waals surface area contributed by atoms with Crippen molar-refractivity contribution in [3.8, 4) is 56.0 Å². The van der Waals surface area contributed by atoms with Gasteiger partial charge in [0.05, 0.1) is 2.74 Å². The number of ether oxygens (including phenoxy) is 1. The van der Waals surface area contributed by atoms with Crippen molar-refractivity contribution in [2.24, 2.45) is 0 Å². The van der Waals surface area contributed by atoms with Crippen LogP contribution in [0.5, 0.6) is 11.5 Å². The summed E-state index contributed by atoms with van der Waals surface area (Å²) < 4.78 is 25.0. The van der Waals surface area contributed by atoms with E-state index in [9.17, 15) is 2.74 Å². The molecule has 43 heavy (non-hydrogen) atoms. The molecule has 1 heteroatoms. The van der Waals surface area contributed by atoms with Gasteiger partial charge in [0.1, 0.15) is 11.5 Å². The first-order valence-corrected chi connectivity index (χ1v) is 14.6. The molecule has 0 N–H and O–H groups in total. The van der Waals surface area contributed by atoms with Gasteiger partial charge in [-0.1, -0.05) is 139 Å². The molecule has 0 fully saturated rings. The molecule has 8 aromatic carbocycles. The molecule has 1 aliphatic rings. The van der Waals surface area contributed by atoms with Crippen LogP contribution in [-0.4, -0.2) is 0 Å². The summed E-state index contributed by atoms with van der Waals surface area (Å²) in [6, 6.07) is 50.5. The normalized spacial score (nSPS) is 12.6. The van der Waals surface area contributed by atoms with Gasteiger partial charge in [-0.2, -0.15) is 0 Å². The van der Waals surface area contributed by atoms with Crippen molar-refractivity contribution in [3.63, 3.8) is 0 Å². The van der Waals surface area contributed by atoms with Gasteiger partial charge in [-0.25, -0.2) is 0 Å². The largest absolute Gasteiger partial charge is 0.456 e. The first kappa shape index (κ1) is 22.0. The summed E-state index contributed by atoms with van der Waals surface area (Å²) >= 11 is 0. The smallest absolute Gasteiger partial charge is 0.135 e. The fraction of sp³-hybridized carbons (Fsp3) is 0. The summed E-state index contributed by atoms with van der Waals surface area (Å²) in [4.78, 5) is 0. The molecule has 0 radical (unpaired) electrons. The molecule has 0 saturated heterocycles. The summed E-state index contributed by atoms with van der Waals surface area (Å²) in [6.07, 6.45) is 0. The minimum absolute atomic E-state index is 0.459. The van der Waals surface area contributed by atoms with E-state index in [-0.39, 0.29) is 0 Å². The van der Waals surface area contributed by atoms with Crippen molar-refractivity contribution >= 4 is 32.3 Å². The average Bonchev–Trinajstić information content (AvgIpc) is 3.09. The van der Waals surface area contributed by atoms with Crippen LogP contribution in [0.15, 0.2) is 158 Å². The van der Waals surface area contributed by atoms with Crippen molar-refractivity contribution in [2.75, 3.05) is 0 Å². The van der Waals surface area contributed by atoms with Gasteiger partial charge in [-0.05, 0) is 84.1 Å². The fourth-order valence-electron chi connectivity index (χ4n) is 6.90. The van der Waals surface area contributed by atoms with Crippen LogP contribution in [0.25, 0.3) is 76.8 Å². The van der Waals surface area contributed by atoms with Gasteiger partial charge in [0.2, 0.25) is 0 Å². The van der Waals surface area contributed by atoms with E-state index < -0.39 is 0 Å². The van der Waals surface area contributed by atoms with Gasteiger partial charge >= 0.3 is 0 Å². The lowest BCUT2D eigenvalue weighted by atomic mass is 9.82. The SMILES string of the molecule is [2H]c1cccc2c(-c3ccc4c5c(cccc35)-c3ccccc3O4)c3c([2H])cccc3c(-c3ccccc3-c3ccccc3)c12. The Balaban J connectivity index is 1.44. The Morgan fingerprint density at radius 3 is 1.70 bits per heavy atom. The Morgan fingerprint density at radius 1 is 0.349 bits per heavy atom. The van der Waals surface area contributed by atoms with Crippen molar-refractivity contribution in [3.05, 3.63) is 158 Å². The van der Waals surface area contributed by atoms with E-state index in [1.165, 1.54) is 0 Å². The Bertz CT molecular complexity index is 2480. The highest BCUT2D eigenvalue weighted by Crippen LogP contribution is 2.51. The summed E-state index contributed by atoms with van der Waals surface area (Å²) in [7, 11) is 0. The van der Waals surface area contributed by atoms with Crippen LogP contribution in [0, 0.1) is 0 Å². The van der Waals surface area contributed by atoms with Gasteiger partial charge in [0.25, 0.3) is 0 Å². The average molecular weight is 549 g/mol. The summed E-state index contributed by atoms with van der Waals surface area (Å²) in [5.41, 5.74) is 8.48. The number of fused-ring (bicyclic) bond motifs is 4. The highest BCUT2D eigenvalue weighted by molar-refractivity contribution is 6.25. The predicted octanol–water partition coefficient (Wildman–Crippen LogP) is 11.9. The van der Waals surface area contributed by atoms with E-state index >= 15 is 0 Å². The first-order chi connectivity index (χ1) is 22.2. The summed E-state index contributed by atoms with van der Waals surface area (Å²) in [5, 5.41) is 5.83. The van der Waals surface area contributed by atoms with Gasteiger partial charge in [-0.3, -0.25) is 0 Å². The third-order valence-corrected chi connectivity index (χ3v) is 8.70. The van der Waals surface area contributed by atoms with Crippen molar-refractivity contribution in [1.82, 2.24) is 0 Å². The topological polar surface area (TPSA) is 9.23 Å². The third kappa shape index (κ3) is 3.58. The maximum absolute atomic E-state index is 9.32. The van der Waals surface area contributed by atoms with Gasteiger partial charge in [0.15, 0.2) is 0 Å². The minimum Gasteiger partial charge on any atom is -0.456 e. The highest BCUT2D eigenvalue weighted by Gasteiger charge is 2.24. The molecule has 0 saturated carbocycles. The number of para-hydroxylation sites is 1. The molecule has 0 aliphatic carbocycles. The number of hydrogen-bond acceptors (Lipinski definition) is 1. The molecule has 0 amide bonds. The maximum atomic E-state index is 9.32. The molecule has 9 rings (SSSR count). The van der Waals surface area contributed by atoms with Crippen molar-refractivity contribution < 1.29 is 7.48 Å². The number of rotatable bonds is 3. The summed E-state index contributed by atoms with van der Waals surface area (Å²) in [6.45, 7) is 0. The second kappa shape index (κ2) is 9.44. The number of benzene rings is 8. The van der Waals surface area contributed by atoms with Crippen LogP contribution < -0.4 is 4.74 Å². The Kier molecular flexibility index (Phi) is 4.83. The third-order valence-electron chi connectivity index (χ3n) is 8.70. The molecule has 1 nitrogen and oxygen atoms in total. The van der Waals surface area contributed by atoms with E-state index in [4.69, 9.17) is 4.74 Å². The molecule has 200 valence electrons. The van der Waals surface area contributed by atoms with Gasteiger partial charge in [0, 0.05) is 10.9 Å². The zero-order valence-corrected chi connectivity index (χ0v) is 23.3. The van der Waals surface area contributed by atoms with Crippen LogP contribution in [0.2, 0.25) is 0 Å². The van der Waals surface area contributed by atoms with Crippen LogP contribution in [0.4, 0.5) is 0 Å². The van der Waals surface area contributed by atoms with Crippen LogP contribution >= 0.6 is 0 Å². The lowest BCUT2D eigenvalue weighted by Crippen LogP contribution is -1.98. The maximum Gasteiger partial charge on any atom is 0.135 e. The minimum atomic E-state index is 0.459. The molecule has 0 unspecified atom stereocenters. The van der Waals surface area contributed by atoms with Gasteiger partial charge in [-0.15, -0.1) is 0 Å². The van der Waals surface area contributed by atoms with Gasteiger partial charge < -0.3 is 4.74 Å².